The van der Waals surface area contributed by atoms with E-state index in [1.54, 1.807) is 7.11 Å². The summed E-state index contributed by atoms with van der Waals surface area (Å²) in [6, 6.07) is 15.0. The highest BCUT2D eigenvalue weighted by Gasteiger charge is 2.39. The first-order chi connectivity index (χ1) is 12.6. The Kier molecular flexibility index (Phi) is 5.85. The van der Waals surface area contributed by atoms with Crippen LogP contribution in [0.5, 0.6) is 0 Å². The molecule has 0 unspecified atom stereocenters. The van der Waals surface area contributed by atoms with Crippen molar-refractivity contribution in [3.8, 4) is 0 Å². The van der Waals surface area contributed by atoms with E-state index in [1.807, 2.05) is 30.3 Å². The van der Waals surface area contributed by atoms with Gasteiger partial charge in [-0.05, 0) is 36.2 Å². The molecule has 3 rings (SSSR count). The summed E-state index contributed by atoms with van der Waals surface area (Å²) < 4.78 is 18.3. The lowest BCUT2D eigenvalue weighted by atomic mass is 10.1. The van der Waals surface area contributed by atoms with E-state index in [9.17, 15) is 14.0 Å². The van der Waals surface area contributed by atoms with Crippen LogP contribution in [0.4, 0.5) is 4.39 Å². The van der Waals surface area contributed by atoms with E-state index in [2.05, 4.69) is 0 Å². The van der Waals surface area contributed by atoms with E-state index in [0.29, 0.717) is 29.1 Å². The molecule has 6 heteroatoms. The third kappa shape index (κ3) is 3.86. The highest BCUT2D eigenvalue weighted by atomic mass is 32.2. The van der Waals surface area contributed by atoms with Crippen molar-refractivity contribution in [2.24, 2.45) is 0 Å². The molecule has 0 aromatic heterocycles. The van der Waals surface area contributed by atoms with Crippen molar-refractivity contribution in [3.05, 3.63) is 70.9 Å². The fraction of sp³-hybridized carbons (Fsp3) is 0.200. The largest absolute Gasteiger partial charge is 0.385 e. The smallest absolute Gasteiger partial charge is 0.268 e. The van der Waals surface area contributed by atoms with Gasteiger partial charge >= 0.3 is 0 Å². The van der Waals surface area contributed by atoms with Gasteiger partial charge in [0.25, 0.3) is 11.8 Å². The van der Waals surface area contributed by atoms with Gasteiger partial charge in [0, 0.05) is 25.2 Å². The number of ether oxygens (including phenoxy) is 1. The number of benzene rings is 2. The van der Waals surface area contributed by atoms with Crippen LogP contribution < -0.4 is 0 Å². The molecule has 26 heavy (non-hydrogen) atoms. The zero-order chi connectivity index (χ0) is 18.5. The zero-order valence-corrected chi connectivity index (χ0v) is 15.1. The average molecular weight is 371 g/mol. The third-order valence-corrected chi connectivity index (χ3v) is 5.04. The second kappa shape index (κ2) is 8.29. The summed E-state index contributed by atoms with van der Waals surface area (Å²) in [5.41, 5.74) is 0.860. The van der Waals surface area contributed by atoms with Gasteiger partial charge in [-0.25, -0.2) is 4.39 Å². The molecular weight excluding hydrogens is 353 g/mol. The maximum Gasteiger partial charge on any atom is 0.268 e. The summed E-state index contributed by atoms with van der Waals surface area (Å²) in [4.78, 5) is 28.2. The summed E-state index contributed by atoms with van der Waals surface area (Å²) in [5, 5.41) is 0. The van der Waals surface area contributed by atoms with E-state index in [-0.39, 0.29) is 24.2 Å². The molecule has 1 aliphatic heterocycles. The lowest BCUT2D eigenvalue weighted by Crippen LogP contribution is -2.33. The Morgan fingerprint density at radius 3 is 2.35 bits per heavy atom. The number of methoxy groups -OCH3 is 1. The molecule has 2 amide bonds. The van der Waals surface area contributed by atoms with Crippen LogP contribution in [0.25, 0.3) is 5.57 Å². The number of imide groups is 1. The van der Waals surface area contributed by atoms with E-state index in [1.165, 1.54) is 40.9 Å². The number of amides is 2. The minimum absolute atomic E-state index is 0.287. The standard InChI is InChI=1S/C20H18FNO3S/c1-25-13-5-12-22-19(23)17(14-8-10-15(21)11-9-14)18(20(22)24)26-16-6-3-2-4-7-16/h2-4,6-11H,5,12-13H2,1H3. The number of nitrogens with zero attached hydrogens (tertiary/aromatic N) is 1. The summed E-state index contributed by atoms with van der Waals surface area (Å²) in [6.07, 6.45) is 0.563. The van der Waals surface area contributed by atoms with Gasteiger partial charge < -0.3 is 4.74 Å². The lowest BCUT2D eigenvalue weighted by Gasteiger charge is -2.14. The fourth-order valence-corrected chi connectivity index (χ4v) is 3.73. The van der Waals surface area contributed by atoms with Gasteiger partial charge in [0.2, 0.25) is 0 Å². The Bertz CT molecular complexity index is 834. The van der Waals surface area contributed by atoms with Gasteiger partial charge in [-0.2, -0.15) is 0 Å². The summed E-state index contributed by atoms with van der Waals surface area (Å²) in [7, 11) is 1.58. The maximum atomic E-state index is 13.3. The van der Waals surface area contributed by atoms with Crippen molar-refractivity contribution in [2.45, 2.75) is 11.3 Å². The van der Waals surface area contributed by atoms with Crippen molar-refractivity contribution < 1.29 is 18.7 Å². The lowest BCUT2D eigenvalue weighted by molar-refractivity contribution is -0.136. The first kappa shape index (κ1) is 18.4. The van der Waals surface area contributed by atoms with Gasteiger partial charge in [-0.1, -0.05) is 42.1 Å². The monoisotopic (exact) mass is 371 g/mol. The normalized spacial score (nSPS) is 14.5. The SMILES string of the molecule is COCCCN1C(=O)C(Sc2ccccc2)=C(c2ccc(F)cc2)C1=O. The van der Waals surface area contributed by atoms with Gasteiger partial charge in [-0.3, -0.25) is 14.5 Å². The molecule has 0 spiro atoms. The number of hydrogen-bond acceptors (Lipinski definition) is 4. The molecule has 0 fully saturated rings. The molecule has 2 aromatic carbocycles. The van der Waals surface area contributed by atoms with Crippen LogP contribution in [-0.2, 0) is 14.3 Å². The molecule has 4 nitrogen and oxygen atoms in total. The molecule has 0 bridgehead atoms. The van der Waals surface area contributed by atoms with Crippen molar-refractivity contribution >= 4 is 29.1 Å². The minimum atomic E-state index is -0.389. The van der Waals surface area contributed by atoms with Crippen LogP contribution in [-0.4, -0.2) is 37.0 Å². The summed E-state index contributed by atoms with van der Waals surface area (Å²) >= 11 is 1.26. The molecule has 0 saturated carbocycles. The van der Waals surface area contributed by atoms with Crippen LogP contribution >= 0.6 is 11.8 Å². The number of carbonyl (C=O) groups is 2. The summed E-state index contributed by atoms with van der Waals surface area (Å²) in [5.74, 6) is -1.06. The molecule has 1 heterocycles. The van der Waals surface area contributed by atoms with Crippen molar-refractivity contribution in [1.82, 2.24) is 4.90 Å². The highest BCUT2D eigenvalue weighted by Crippen LogP contribution is 2.39. The van der Waals surface area contributed by atoms with Crippen LogP contribution in [0.1, 0.15) is 12.0 Å². The average Bonchev–Trinajstić information content (AvgIpc) is 2.88. The van der Waals surface area contributed by atoms with E-state index >= 15 is 0 Å². The molecule has 2 aromatic rings. The molecule has 0 atom stereocenters. The van der Waals surface area contributed by atoms with E-state index in [0.717, 1.165) is 4.90 Å². The van der Waals surface area contributed by atoms with Gasteiger partial charge in [0.1, 0.15) is 5.82 Å². The molecule has 0 saturated heterocycles. The van der Waals surface area contributed by atoms with Crippen molar-refractivity contribution in [1.29, 1.82) is 0 Å². The second-order valence-electron chi connectivity index (χ2n) is 5.73. The predicted molar refractivity (Wildman–Crippen MR) is 98.8 cm³/mol. The van der Waals surface area contributed by atoms with Crippen molar-refractivity contribution in [2.75, 3.05) is 20.3 Å². The number of hydrogen-bond donors (Lipinski definition) is 0. The van der Waals surface area contributed by atoms with Crippen LogP contribution in [0.2, 0.25) is 0 Å². The first-order valence-electron chi connectivity index (χ1n) is 8.20. The third-order valence-electron chi connectivity index (χ3n) is 3.95. The number of thioether (sulfide) groups is 1. The van der Waals surface area contributed by atoms with Gasteiger partial charge in [0.05, 0.1) is 10.5 Å². The molecule has 0 aliphatic carbocycles. The summed E-state index contributed by atoms with van der Waals surface area (Å²) in [6.45, 7) is 0.749. The minimum Gasteiger partial charge on any atom is -0.385 e. The van der Waals surface area contributed by atoms with Crippen LogP contribution in [0.15, 0.2) is 64.4 Å². The van der Waals surface area contributed by atoms with Gasteiger partial charge in [-0.15, -0.1) is 0 Å². The first-order valence-corrected chi connectivity index (χ1v) is 9.01. The zero-order valence-electron chi connectivity index (χ0n) is 14.3. The molecule has 0 radical (unpaired) electrons. The quantitative estimate of drug-likeness (QED) is 0.550. The van der Waals surface area contributed by atoms with E-state index < -0.39 is 0 Å². The topological polar surface area (TPSA) is 46.6 Å². The Hall–Kier alpha value is -2.44. The molecule has 0 N–H and O–H groups in total. The Labute approximate surface area is 155 Å². The molecule has 134 valence electrons. The second-order valence-corrected chi connectivity index (χ2v) is 6.82. The Morgan fingerprint density at radius 2 is 1.69 bits per heavy atom. The predicted octanol–water partition coefficient (Wildman–Crippen LogP) is 3.73. The highest BCUT2D eigenvalue weighted by molar-refractivity contribution is 8.04. The van der Waals surface area contributed by atoms with Gasteiger partial charge in [0.15, 0.2) is 0 Å². The number of rotatable bonds is 7. The van der Waals surface area contributed by atoms with Crippen LogP contribution in [0, 0.1) is 5.82 Å². The fourth-order valence-electron chi connectivity index (χ4n) is 2.70. The molecule has 1 aliphatic rings. The Balaban J connectivity index is 1.97. The molecular formula is C20H18FNO3S. The maximum absolute atomic E-state index is 13.3. The number of halogens is 1. The Morgan fingerprint density at radius 1 is 1.00 bits per heavy atom. The van der Waals surface area contributed by atoms with Crippen molar-refractivity contribution in [3.63, 3.8) is 0 Å². The van der Waals surface area contributed by atoms with E-state index in [4.69, 9.17) is 4.74 Å². The number of carbonyl (C=O) groups excluding carboxylic acids is 2. The van der Waals surface area contributed by atoms with Crippen LogP contribution in [0.3, 0.4) is 0 Å².